The summed E-state index contributed by atoms with van der Waals surface area (Å²) in [6.07, 6.45) is 6.63. The predicted molar refractivity (Wildman–Crippen MR) is 115 cm³/mol. The van der Waals surface area contributed by atoms with Crippen LogP contribution in [0.25, 0.3) is 0 Å². The Morgan fingerprint density at radius 2 is 1.72 bits per heavy atom. The Balaban J connectivity index is 1.61. The molecule has 1 saturated carbocycles. The minimum atomic E-state index is -4.06. The van der Waals surface area contributed by atoms with Crippen LogP contribution in [0, 0.1) is 17.6 Å². The predicted octanol–water partition coefficient (Wildman–Crippen LogP) is 7.74. The molecule has 0 atom stereocenters. The van der Waals surface area contributed by atoms with Crippen LogP contribution in [0.15, 0.2) is 30.5 Å². The van der Waals surface area contributed by atoms with Crippen LogP contribution < -0.4 is 9.47 Å². The second-order valence-corrected chi connectivity index (χ2v) is 8.42. The summed E-state index contributed by atoms with van der Waals surface area (Å²) in [5.74, 6) is -2.71. The molecular weight excluding hydrogens is 422 g/mol. The second-order valence-electron chi connectivity index (χ2n) is 8.42. The number of unbranched alkanes of at least 4 members (excludes halogenated alkanes) is 2. The first-order valence-electron chi connectivity index (χ1n) is 11.5. The number of rotatable bonds is 10. The fourth-order valence-electron chi connectivity index (χ4n) is 4.35. The van der Waals surface area contributed by atoms with Crippen LogP contribution in [-0.2, 0) is 6.11 Å². The van der Waals surface area contributed by atoms with Gasteiger partial charge in [-0.05, 0) is 62.8 Å². The summed E-state index contributed by atoms with van der Waals surface area (Å²) < 4.78 is 66.8. The van der Waals surface area contributed by atoms with E-state index in [1.54, 1.807) is 13.0 Å². The van der Waals surface area contributed by atoms with Crippen LogP contribution in [0.3, 0.4) is 0 Å². The maximum absolute atomic E-state index is 14.5. The summed E-state index contributed by atoms with van der Waals surface area (Å²) >= 11 is 0. The number of nitrogens with zero attached hydrogens (tertiary/aromatic N) is 1. The molecule has 0 spiro atoms. The highest BCUT2D eigenvalue weighted by atomic mass is 19.3. The Kier molecular flexibility index (Phi) is 8.38. The first-order valence-corrected chi connectivity index (χ1v) is 11.5. The lowest BCUT2D eigenvalue weighted by Crippen LogP contribution is -2.24. The molecule has 0 N–H and O–H groups in total. The van der Waals surface area contributed by atoms with Crippen molar-refractivity contribution >= 4 is 0 Å². The lowest BCUT2D eigenvalue weighted by Gasteiger charge is -2.28. The van der Waals surface area contributed by atoms with E-state index >= 15 is 0 Å². The summed E-state index contributed by atoms with van der Waals surface area (Å²) in [5, 5.41) is 0. The second kappa shape index (κ2) is 11.0. The molecule has 7 heteroatoms. The fourth-order valence-corrected chi connectivity index (χ4v) is 4.35. The highest BCUT2D eigenvalue weighted by Crippen LogP contribution is 2.39. The highest BCUT2D eigenvalue weighted by molar-refractivity contribution is 5.33. The van der Waals surface area contributed by atoms with Crippen LogP contribution >= 0.6 is 0 Å². The number of hydrogen-bond acceptors (Lipinski definition) is 3. The van der Waals surface area contributed by atoms with E-state index in [1.807, 2.05) is 0 Å². The molecule has 0 bridgehead atoms. The third kappa shape index (κ3) is 5.93. The molecule has 2 aromatic rings. The molecule has 0 amide bonds. The summed E-state index contributed by atoms with van der Waals surface area (Å²) in [4.78, 5) is 4.31. The van der Waals surface area contributed by atoms with Crippen molar-refractivity contribution in [1.82, 2.24) is 4.98 Å². The van der Waals surface area contributed by atoms with Gasteiger partial charge in [-0.1, -0.05) is 32.6 Å². The van der Waals surface area contributed by atoms with Gasteiger partial charge in [0.05, 0.1) is 12.8 Å². The number of halogens is 4. The Bertz CT molecular complexity index is 865. The largest absolute Gasteiger partial charge is 0.491 e. The van der Waals surface area contributed by atoms with Crippen molar-refractivity contribution in [1.29, 1.82) is 0 Å². The van der Waals surface area contributed by atoms with E-state index in [4.69, 9.17) is 9.47 Å². The van der Waals surface area contributed by atoms with Crippen molar-refractivity contribution in [3.8, 4) is 11.5 Å². The molecule has 1 aliphatic carbocycles. The molecule has 1 aromatic heterocycles. The van der Waals surface area contributed by atoms with E-state index in [1.165, 1.54) is 37.9 Å². The number of alkyl halides is 2. The standard InChI is InChI=1S/C25H31F4NO2/c1-3-5-6-7-17-8-10-18(11-9-17)21-14-12-19(16-30-21)32-25(28,29)20-13-15-22(31-4-2)24(27)23(20)26/h12-18H,3-11H2,1-2H3. The van der Waals surface area contributed by atoms with Gasteiger partial charge in [-0.2, -0.15) is 13.2 Å². The average molecular weight is 454 g/mol. The Morgan fingerprint density at radius 1 is 0.969 bits per heavy atom. The average Bonchev–Trinajstić information content (AvgIpc) is 2.78. The van der Waals surface area contributed by atoms with Crippen molar-refractivity contribution in [2.45, 2.75) is 77.2 Å². The molecule has 0 radical (unpaired) electrons. The van der Waals surface area contributed by atoms with Crippen LogP contribution in [-0.4, -0.2) is 11.6 Å². The van der Waals surface area contributed by atoms with E-state index in [2.05, 4.69) is 11.9 Å². The molecule has 1 aliphatic rings. The monoisotopic (exact) mass is 453 g/mol. The number of pyridine rings is 1. The Labute approximate surface area is 187 Å². The Hall–Kier alpha value is -2.31. The van der Waals surface area contributed by atoms with Gasteiger partial charge in [-0.3, -0.25) is 4.98 Å². The van der Waals surface area contributed by atoms with Crippen LogP contribution in [0.5, 0.6) is 11.5 Å². The van der Waals surface area contributed by atoms with Gasteiger partial charge in [-0.25, -0.2) is 4.39 Å². The van der Waals surface area contributed by atoms with E-state index in [-0.39, 0.29) is 12.4 Å². The number of ether oxygens (including phenoxy) is 2. The van der Waals surface area contributed by atoms with Crippen molar-refractivity contribution in [2.24, 2.45) is 5.92 Å². The molecule has 1 fully saturated rings. The molecule has 3 nitrogen and oxygen atoms in total. The third-order valence-electron chi connectivity index (χ3n) is 6.15. The SMILES string of the molecule is CCCCCC1CCC(c2ccc(OC(F)(F)c3ccc(OCC)c(F)c3F)cn2)CC1. The van der Waals surface area contributed by atoms with Crippen LogP contribution in [0.1, 0.15) is 82.4 Å². The van der Waals surface area contributed by atoms with E-state index < -0.39 is 29.1 Å². The molecule has 3 rings (SSSR count). The van der Waals surface area contributed by atoms with Crippen molar-refractivity contribution < 1.29 is 27.0 Å². The smallest absolute Gasteiger partial charge is 0.429 e. The van der Waals surface area contributed by atoms with Gasteiger partial charge in [0.25, 0.3) is 0 Å². The summed E-state index contributed by atoms with van der Waals surface area (Å²) in [5.41, 5.74) is -0.338. The van der Waals surface area contributed by atoms with Gasteiger partial charge in [-0.15, -0.1) is 0 Å². The van der Waals surface area contributed by atoms with Gasteiger partial charge in [0.2, 0.25) is 5.82 Å². The molecule has 0 saturated heterocycles. The molecule has 0 aliphatic heterocycles. The number of benzene rings is 1. The minimum absolute atomic E-state index is 0.0844. The minimum Gasteiger partial charge on any atom is -0.491 e. The molecular formula is C25H31F4NO2. The third-order valence-corrected chi connectivity index (χ3v) is 6.15. The zero-order valence-corrected chi connectivity index (χ0v) is 18.7. The first kappa shape index (κ1) is 24.3. The van der Waals surface area contributed by atoms with Gasteiger partial charge in [0.1, 0.15) is 11.3 Å². The zero-order valence-electron chi connectivity index (χ0n) is 18.7. The number of aromatic nitrogens is 1. The summed E-state index contributed by atoms with van der Waals surface area (Å²) in [6.45, 7) is 3.87. The van der Waals surface area contributed by atoms with E-state index in [0.717, 1.165) is 49.4 Å². The first-order chi connectivity index (χ1) is 15.4. The van der Waals surface area contributed by atoms with Crippen molar-refractivity contribution in [3.05, 3.63) is 53.4 Å². The van der Waals surface area contributed by atoms with Crippen LogP contribution in [0.2, 0.25) is 0 Å². The fraction of sp³-hybridized carbons (Fsp3) is 0.560. The molecule has 0 unspecified atom stereocenters. The van der Waals surface area contributed by atoms with Crippen LogP contribution in [0.4, 0.5) is 17.6 Å². The van der Waals surface area contributed by atoms with Gasteiger partial charge < -0.3 is 9.47 Å². The normalized spacial score (nSPS) is 19.1. The van der Waals surface area contributed by atoms with Gasteiger partial charge in [0, 0.05) is 11.6 Å². The van der Waals surface area contributed by atoms with E-state index in [0.29, 0.717) is 5.92 Å². The van der Waals surface area contributed by atoms with Gasteiger partial charge in [0.15, 0.2) is 11.6 Å². The number of hydrogen-bond donors (Lipinski definition) is 0. The zero-order chi connectivity index (χ0) is 23.1. The highest BCUT2D eigenvalue weighted by Gasteiger charge is 2.39. The lowest BCUT2D eigenvalue weighted by molar-refractivity contribution is -0.187. The maximum atomic E-state index is 14.5. The lowest BCUT2D eigenvalue weighted by atomic mass is 9.78. The molecule has 1 aromatic carbocycles. The molecule has 32 heavy (non-hydrogen) atoms. The topological polar surface area (TPSA) is 31.4 Å². The van der Waals surface area contributed by atoms with E-state index in [9.17, 15) is 17.6 Å². The molecule has 176 valence electrons. The van der Waals surface area contributed by atoms with Crippen molar-refractivity contribution in [2.75, 3.05) is 6.61 Å². The Morgan fingerprint density at radius 3 is 2.34 bits per heavy atom. The van der Waals surface area contributed by atoms with Crippen molar-refractivity contribution in [3.63, 3.8) is 0 Å². The molecule has 1 heterocycles. The quantitative estimate of drug-likeness (QED) is 0.272. The summed E-state index contributed by atoms with van der Waals surface area (Å²) in [7, 11) is 0. The van der Waals surface area contributed by atoms with Gasteiger partial charge >= 0.3 is 6.11 Å². The summed E-state index contributed by atoms with van der Waals surface area (Å²) in [6, 6.07) is 4.83. The maximum Gasteiger partial charge on any atom is 0.429 e.